The fourth-order valence-corrected chi connectivity index (χ4v) is 2.11. The zero-order valence-corrected chi connectivity index (χ0v) is 12.4. The van der Waals surface area contributed by atoms with Crippen LogP contribution >= 0.6 is 15.9 Å². The summed E-state index contributed by atoms with van der Waals surface area (Å²) in [4.78, 5) is 29.6. The van der Waals surface area contributed by atoms with Gasteiger partial charge in [0.25, 0.3) is 0 Å². The van der Waals surface area contributed by atoms with Crippen LogP contribution in [0.5, 0.6) is 0 Å². The van der Waals surface area contributed by atoms with Crippen LogP contribution in [-0.4, -0.2) is 33.1 Å². The number of H-pyrrole nitrogens is 1. The fourth-order valence-electron chi connectivity index (χ4n) is 1.71. The number of imidazole rings is 1. The van der Waals surface area contributed by atoms with E-state index in [4.69, 9.17) is 5.11 Å². The summed E-state index contributed by atoms with van der Waals surface area (Å²) in [7, 11) is 0. The number of anilines is 1. The maximum atomic E-state index is 11.8. The average Bonchev–Trinajstić information content (AvgIpc) is 2.90. The monoisotopic (exact) mass is 352 g/mol. The summed E-state index contributed by atoms with van der Waals surface area (Å²) in [5.41, 5.74) is 1.19. The van der Waals surface area contributed by atoms with Crippen LogP contribution in [0.3, 0.4) is 0 Å². The van der Waals surface area contributed by atoms with Gasteiger partial charge < -0.3 is 20.7 Å². The minimum Gasteiger partial charge on any atom is -0.480 e. The van der Waals surface area contributed by atoms with Gasteiger partial charge in [0.1, 0.15) is 6.04 Å². The van der Waals surface area contributed by atoms with Crippen LogP contribution in [0, 0.1) is 0 Å². The molecule has 1 heterocycles. The molecule has 1 unspecified atom stereocenters. The van der Waals surface area contributed by atoms with E-state index in [1.807, 2.05) is 6.07 Å². The third-order valence-electron chi connectivity index (χ3n) is 2.66. The Kier molecular flexibility index (Phi) is 4.94. The molecule has 0 fully saturated rings. The number of rotatable bonds is 5. The molecule has 1 aromatic heterocycles. The molecule has 2 aromatic rings. The predicted octanol–water partition coefficient (Wildman–Crippen LogP) is 1.99. The number of aromatic amines is 1. The van der Waals surface area contributed by atoms with E-state index in [1.54, 1.807) is 18.2 Å². The van der Waals surface area contributed by atoms with Gasteiger partial charge in [0.15, 0.2) is 0 Å². The van der Waals surface area contributed by atoms with E-state index in [-0.39, 0.29) is 6.42 Å². The third-order valence-corrected chi connectivity index (χ3v) is 3.16. The van der Waals surface area contributed by atoms with Crippen molar-refractivity contribution in [1.29, 1.82) is 0 Å². The van der Waals surface area contributed by atoms with Crippen molar-refractivity contribution in [3.05, 3.63) is 47.0 Å². The Morgan fingerprint density at radius 2 is 2.24 bits per heavy atom. The number of benzene rings is 1. The Labute approximate surface area is 128 Å². The highest BCUT2D eigenvalue weighted by atomic mass is 79.9. The molecule has 2 amide bonds. The van der Waals surface area contributed by atoms with E-state index in [0.717, 1.165) is 4.47 Å². The standard InChI is InChI=1S/C13H13BrN4O3/c14-8-2-1-3-9(4-8)17-13(21)18-11(12(19)20)5-10-6-15-7-16-10/h1-4,6-7,11H,5H2,(H,15,16)(H,19,20)(H2,17,18,21). The summed E-state index contributed by atoms with van der Waals surface area (Å²) < 4.78 is 0.813. The topological polar surface area (TPSA) is 107 Å². The molecule has 0 radical (unpaired) electrons. The number of carboxylic acids is 1. The molecule has 4 N–H and O–H groups in total. The largest absolute Gasteiger partial charge is 0.480 e. The van der Waals surface area contributed by atoms with Crippen molar-refractivity contribution in [3.63, 3.8) is 0 Å². The summed E-state index contributed by atoms with van der Waals surface area (Å²) in [6, 6.07) is 5.37. The Morgan fingerprint density at radius 1 is 1.43 bits per heavy atom. The van der Waals surface area contributed by atoms with Gasteiger partial charge >= 0.3 is 12.0 Å². The van der Waals surface area contributed by atoms with Crippen LogP contribution < -0.4 is 10.6 Å². The minimum atomic E-state index is -1.12. The van der Waals surface area contributed by atoms with Gasteiger partial charge in [-0.15, -0.1) is 0 Å². The first-order chi connectivity index (χ1) is 10.0. The third kappa shape index (κ3) is 4.60. The molecule has 7 nitrogen and oxygen atoms in total. The molecular weight excluding hydrogens is 340 g/mol. The number of hydrogen-bond acceptors (Lipinski definition) is 3. The average molecular weight is 353 g/mol. The maximum absolute atomic E-state index is 11.8. The van der Waals surface area contributed by atoms with Crippen molar-refractivity contribution in [2.24, 2.45) is 0 Å². The number of hydrogen-bond donors (Lipinski definition) is 4. The second-order valence-corrected chi connectivity index (χ2v) is 5.20. The molecule has 0 saturated carbocycles. The summed E-state index contributed by atoms with van der Waals surface area (Å²) in [5.74, 6) is -1.12. The summed E-state index contributed by atoms with van der Waals surface area (Å²) >= 11 is 3.29. The smallest absolute Gasteiger partial charge is 0.326 e. The van der Waals surface area contributed by atoms with Gasteiger partial charge in [-0.1, -0.05) is 22.0 Å². The van der Waals surface area contributed by atoms with Crippen molar-refractivity contribution in [1.82, 2.24) is 15.3 Å². The van der Waals surface area contributed by atoms with Crippen LogP contribution in [0.4, 0.5) is 10.5 Å². The summed E-state index contributed by atoms with van der Waals surface area (Å²) in [5, 5.41) is 14.1. The molecular formula is C13H13BrN4O3. The van der Waals surface area contributed by atoms with Gasteiger partial charge in [-0.05, 0) is 18.2 Å². The normalized spacial score (nSPS) is 11.7. The number of carbonyl (C=O) groups excluding carboxylic acids is 1. The Balaban J connectivity index is 1.96. The van der Waals surface area contributed by atoms with Gasteiger partial charge in [-0.25, -0.2) is 14.6 Å². The lowest BCUT2D eigenvalue weighted by Gasteiger charge is -2.14. The Morgan fingerprint density at radius 3 is 2.86 bits per heavy atom. The lowest BCUT2D eigenvalue weighted by atomic mass is 10.2. The van der Waals surface area contributed by atoms with Gasteiger partial charge in [0.2, 0.25) is 0 Å². The first-order valence-corrected chi connectivity index (χ1v) is 6.87. The quantitative estimate of drug-likeness (QED) is 0.659. The van der Waals surface area contributed by atoms with E-state index in [2.05, 4.69) is 36.5 Å². The van der Waals surface area contributed by atoms with Crippen molar-refractivity contribution in [2.45, 2.75) is 12.5 Å². The second-order valence-electron chi connectivity index (χ2n) is 4.28. The molecule has 0 aliphatic rings. The number of nitrogens with one attached hydrogen (secondary N) is 3. The first kappa shape index (κ1) is 15.0. The van der Waals surface area contributed by atoms with Crippen molar-refractivity contribution in [3.8, 4) is 0 Å². The molecule has 2 rings (SSSR count). The highest BCUT2D eigenvalue weighted by molar-refractivity contribution is 9.10. The summed E-state index contributed by atoms with van der Waals surface area (Å²) in [6.07, 6.45) is 3.10. The number of aliphatic carboxylic acids is 1. The van der Waals surface area contributed by atoms with Gasteiger partial charge in [0.05, 0.1) is 6.33 Å². The number of carbonyl (C=O) groups is 2. The van der Waals surface area contributed by atoms with E-state index in [1.165, 1.54) is 12.5 Å². The summed E-state index contributed by atoms with van der Waals surface area (Å²) in [6.45, 7) is 0. The van der Waals surface area contributed by atoms with Gasteiger partial charge in [-0.3, -0.25) is 0 Å². The number of urea groups is 1. The molecule has 21 heavy (non-hydrogen) atoms. The van der Waals surface area contributed by atoms with E-state index in [0.29, 0.717) is 11.4 Å². The SMILES string of the molecule is O=C(Nc1cccc(Br)c1)NC(Cc1cnc[nH]1)C(=O)O. The van der Waals surface area contributed by atoms with E-state index < -0.39 is 18.0 Å². The van der Waals surface area contributed by atoms with E-state index in [9.17, 15) is 9.59 Å². The van der Waals surface area contributed by atoms with Gasteiger partial charge in [-0.2, -0.15) is 0 Å². The molecule has 8 heteroatoms. The van der Waals surface area contributed by atoms with Crippen molar-refractivity contribution in [2.75, 3.05) is 5.32 Å². The molecule has 1 atom stereocenters. The highest BCUT2D eigenvalue weighted by Crippen LogP contribution is 2.15. The number of carboxylic acid groups (broad SMARTS) is 1. The minimum absolute atomic E-state index is 0.126. The van der Waals surface area contributed by atoms with Crippen molar-refractivity contribution < 1.29 is 14.7 Å². The van der Waals surface area contributed by atoms with Gasteiger partial charge in [0, 0.05) is 28.5 Å². The highest BCUT2D eigenvalue weighted by Gasteiger charge is 2.21. The first-order valence-electron chi connectivity index (χ1n) is 6.08. The number of halogens is 1. The van der Waals surface area contributed by atoms with Crippen molar-refractivity contribution >= 4 is 33.6 Å². The van der Waals surface area contributed by atoms with Crippen LogP contribution in [0.1, 0.15) is 5.69 Å². The van der Waals surface area contributed by atoms with Crippen LogP contribution in [0.2, 0.25) is 0 Å². The maximum Gasteiger partial charge on any atom is 0.326 e. The fraction of sp³-hybridized carbons (Fsp3) is 0.154. The lowest BCUT2D eigenvalue weighted by molar-refractivity contribution is -0.139. The molecule has 110 valence electrons. The van der Waals surface area contributed by atoms with Crippen LogP contribution in [0.15, 0.2) is 41.3 Å². The molecule has 0 bridgehead atoms. The number of nitrogens with zero attached hydrogens (tertiary/aromatic N) is 1. The van der Waals surface area contributed by atoms with Crippen LogP contribution in [0.25, 0.3) is 0 Å². The second kappa shape index (κ2) is 6.89. The Hall–Kier alpha value is -2.35. The van der Waals surface area contributed by atoms with E-state index >= 15 is 0 Å². The molecule has 0 aliphatic carbocycles. The lowest BCUT2D eigenvalue weighted by Crippen LogP contribution is -2.44. The predicted molar refractivity (Wildman–Crippen MR) is 80.0 cm³/mol. The molecule has 1 aromatic carbocycles. The number of aromatic nitrogens is 2. The van der Waals surface area contributed by atoms with Crippen LogP contribution in [-0.2, 0) is 11.2 Å². The molecule has 0 spiro atoms. The molecule has 0 aliphatic heterocycles. The molecule has 0 saturated heterocycles. The Bertz CT molecular complexity index is 630. The zero-order valence-electron chi connectivity index (χ0n) is 10.8. The zero-order chi connectivity index (χ0) is 15.2. The number of amides is 2.